The molecule has 1 aromatic carbocycles. The maximum atomic E-state index is 7.36. The number of nitrogen functional groups attached to an aromatic ring is 1. The molecular formula is C12H9N5S2. The van der Waals surface area contributed by atoms with Gasteiger partial charge in [0, 0.05) is 6.20 Å². The molecule has 7 heteroatoms. The van der Waals surface area contributed by atoms with Crippen molar-refractivity contribution in [1.82, 2.24) is 15.0 Å². The fraction of sp³-hybridized carbons (Fsp3) is 0. The van der Waals surface area contributed by atoms with Crippen LogP contribution in [-0.2, 0) is 0 Å². The predicted octanol–water partition coefficient (Wildman–Crippen LogP) is 2.52. The molecule has 2 heterocycles. The van der Waals surface area contributed by atoms with Gasteiger partial charge in [-0.2, -0.15) is 0 Å². The number of nitrogens with two attached hydrogens (primary N) is 1. The van der Waals surface area contributed by atoms with Crippen LogP contribution in [0.2, 0.25) is 0 Å². The molecule has 0 radical (unpaired) electrons. The molecule has 3 aromatic rings. The highest BCUT2D eigenvalue weighted by molar-refractivity contribution is 8.01. The lowest BCUT2D eigenvalue weighted by Gasteiger charge is -1.99. The number of nitrogens with zero attached hydrogens (tertiary/aromatic N) is 3. The number of fused-ring (bicyclic) bond motifs is 1. The minimum absolute atomic E-state index is 0.0615. The Morgan fingerprint density at radius 1 is 1.21 bits per heavy atom. The first-order valence-electron chi connectivity index (χ1n) is 5.43. The van der Waals surface area contributed by atoms with E-state index in [1.807, 2.05) is 24.3 Å². The average Bonchev–Trinajstić information content (AvgIpc) is 2.81. The van der Waals surface area contributed by atoms with Crippen molar-refractivity contribution in [1.29, 1.82) is 5.41 Å². The van der Waals surface area contributed by atoms with E-state index in [0.29, 0.717) is 10.9 Å². The summed E-state index contributed by atoms with van der Waals surface area (Å²) >= 11 is 2.97. The van der Waals surface area contributed by atoms with E-state index >= 15 is 0 Å². The van der Waals surface area contributed by atoms with Crippen LogP contribution in [0.15, 0.2) is 46.0 Å². The van der Waals surface area contributed by atoms with Crippen LogP contribution in [0.3, 0.4) is 0 Å². The van der Waals surface area contributed by atoms with Crippen LogP contribution >= 0.6 is 23.1 Å². The number of hydrogen-bond acceptors (Lipinski definition) is 6. The Bertz CT molecular complexity index is 719. The third kappa shape index (κ3) is 2.56. The number of thiazole rings is 1. The Balaban J connectivity index is 1.92. The standard InChI is InChI=1S/C12H9N5S2/c13-10(14)8-5-6-15-11(16-8)19-12-17-7-3-1-2-4-9(7)18-12/h1-6H,(H3,13,14). The molecule has 19 heavy (non-hydrogen) atoms. The van der Waals surface area contributed by atoms with Gasteiger partial charge in [0.15, 0.2) is 9.50 Å². The molecule has 0 fully saturated rings. The third-order valence-corrected chi connectivity index (χ3v) is 4.34. The van der Waals surface area contributed by atoms with E-state index in [-0.39, 0.29) is 5.84 Å². The molecule has 0 spiro atoms. The molecule has 0 aliphatic heterocycles. The SMILES string of the molecule is N=C(N)c1ccnc(Sc2nc3ccccc3s2)n1. The van der Waals surface area contributed by atoms with Gasteiger partial charge in [0.05, 0.1) is 10.2 Å². The maximum absolute atomic E-state index is 7.36. The highest BCUT2D eigenvalue weighted by atomic mass is 32.2. The summed E-state index contributed by atoms with van der Waals surface area (Å²) in [6.07, 6.45) is 1.60. The minimum Gasteiger partial charge on any atom is -0.382 e. The predicted molar refractivity (Wildman–Crippen MR) is 76.8 cm³/mol. The first-order chi connectivity index (χ1) is 9.22. The summed E-state index contributed by atoms with van der Waals surface area (Å²) in [5, 5.41) is 7.91. The van der Waals surface area contributed by atoms with Crippen molar-refractivity contribution >= 4 is 39.2 Å². The van der Waals surface area contributed by atoms with E-state index < -0.39 is 0 Å². The highest BCUT2D eigenvalue weighted by Gasteiger charge is 2.08. The Morgan fingerprint density at radius 3 is 2.84 bits per heavy atom. The Kier molecular flexibility index (Phi) is 3.14. The van der Waals surface area contributed by atoms with Crippen LogP contribution in [0.4, 0.5) is 0 Å². The van der Waals surface area contributed by atoms with Crippen molar-refractivity contribution in [3.8, 4) is 0 Å². The van der Waals surface area contributed by atoms with Gasteiger partial charge in [-0.25, -0.2) is 15.0 Å². The van der Waals surface area contributed by atoms with Gasteiger partial charge in [0.1, 0.15) is 11.5 Å². The number of para-hydroxylation sites is 1. The van der Waals surface area contributed by atoms with E-state index in [2.05, 4.69) is 15.0 Å². The molecule has 2 aromatic heterocycles. The van der Waals surface area contributed by atoms with Crippen LogP contribution in [0.5, 0.6) is 0 Å². The molecule has 5 nitrogen and oxygen atoms in total. The second-order valence-electron chi connectivity index (χ2n) is 3.69. The number of aromatic nitrogens is 3. The molecule has 0 saturated carbocycles. The Hall–Kier alpha value is -1.99. The van der Waals surface area contributed by atoms with Crippen molar-refractivity contribution in [3.63, 3.8) is 0 Å². The van der Waals surface area contributed by atoms with E-state index in [9.17, 15) is 0 Å². The average molecular weight is 287 g/mol. The van der Waals surface area contributed by atoms with E-state index in [0.717, 1.165) is 14.6 Å². The van der Waals surface area contributed by atoms with Crippen molar-refractivity contribution in [2.75, 3.05) is 0 Å². The monoisotopic (exact) mass is 287 g/mol. The van der Waals surface area contributed by atoms with Crippen LogP contribution in [-0.4, -0.2) is 20.8 Å². The molecule has 3 rings (SSSR count). The molecule has 0 saturated heterocycles. The normalized spacial score (nSPS) is 10.7. The minimum atomic E-state index is -0.0615. The summed E-state index contributed by atoms with van der Waals surface area (Å²) in [5.41, 5.74) is 6.81. The van der Waals surface area contributed by atoms with Gasteiger partial charge in [0.2, 0.25) is 0 Å². The summed E-state index contributed by atoms with van der Waals surface area (Å²) in [6.45, 7) is 0. The van der Waals surface area contributed by atoms with Gasteiger partial charge >= 0.3 is 0 Å². The van der Waals surface area contributed by atoms with Crippen LogP contribution in [0.25, 0.3) is 10.2 Å². The summed E-state index contributed by atoms with van der Waals surface area (Å²) in [7, 11) is 0. The van der Waals surface area contributed by atoms with Gasteiger partial charge in [0.25, 0.3) is 0 Å². The highest BCUT2D eigenvalue weighted by Crippen LogP contribution is 2.32. The van der Waals surface area contributed by atoms with Gasteiger partial charge in [-0.3, -0.25) is 5.41 Å². The Labute approximate surface area is 117 Å². The molecule has 0 bridgehead atoms. The van der Waals surface area contributed by atoms with Gasteiger partial charge in [-0.15, -0.1) is 11.3 Å². The Morgan fingerprint density at radius 2 is 2.05 bits per heavy atom. The zero-order valence-electron chi connectivity index (χ0n) is 9.70. The molecule has 0 aliphatic rings. The second kappa shape index (κ2) is 4.94. The van der Waals surface area contributed by atoms with E-state index in [4.69, 9.17) is 11.1 Å². The number of hydrogen-bond donors (Lipinski definition) is 2. The van der Waals surface area contributed by atoms with Crippen molar-refractivity contribution < 1.29 is 0 Å². The second-order valence-corrected chi connectivity index (χ2v) is 5.93. The first-order valence-corrected chi connectivity index (χ1v) is 7.06. The quantitative estimate of drug-likeness (QED) is 0.439. The largest absolute Gasteiger partial charge is 0.382 e. The molecule has 3 N–H and O–H groups in total. The molecule has 0 unspecified atom stereocenters. The summed E-state index contributed by atoms with van der Waals surface area (Å²) in [4.78, 5) is 12.9. The summed E-state index contributed by atoms with van der Waals surface area (Å²) in [6, 6.07) is 9.57. The number of benzene rings is 1. The summed E-state index contributed by atoms with van der Waals surface area (Å²) in [5.74, 6) is -0.0615. The fourth-order valence-electron chi connectivity index (χ4n) is 1.51. The smallest absolute Gasteiger partial charge is 0.195 e. The molecule has 0 atom stereocenters. The maximum Gasteiger partial charge on any atom is 0.195 e. The number of amidine groups is 1. The zero-order chi connectivity index (χ0) is 13.2. The zero-order valence-corrected chi connectivity index (χ0v) is 11.3. The van der Waals surface area contributed by atoms with E-state index in [1.165, 1.54) is 11.8 Å². The first kappa shape index (κ1) is 12.1. The third-order valence-electron chi connectivity index (χ3n) is 2.36. The summed E-state index contributed by atoms with van der Waals surface area (Å²) < 4.78 is 2.01. The molecule has 0 amide bonds. The van der Waals surface area contributed by atoms with E-state index in [1.54, 1.807) is 23.6 Å². The molecular weight excluding hydrogens is 278 g/mol. The van der Waals surface area contributed by atoms with Gasteiger partial charge < -0.3 is 5.73 Å². The lowest BCUT2D eigenvalue weighted by Crippen LogP contribution is -2.13. The van der Waals surface area contributed by atoms with Crippen LogP contribution in [0, 0.1) is 5.41 Å². The molecule has 0 aliphatic carbocycles. The molecule has 94 valence electrons. The lowest BCUT2D eigenvalue weighted by molar-refractivity contribution is 0.953. The van der Waals surface area contributed by atoms with Gasteiger partial charge in [-0.1, -0.05) is 12.1 Å². The van der Waals surface area contributed by atoms with Crippen molar-refractivity contribution in [2.24, 2.45) is 5.73 Å². The lowest BCUT2D eigenvalue weighted by atomic mass is 10.3. The number of nitrogens with one attached hydrogen (secondary N) is 1. The van der Waals surface area contributed by atoms with Crippen molar-refractivity contribution in [3.05, 3.63) is 42.2 Å². The van der Waals surface area contributed by atoms with Crippen molar-refractivity contribution in [2.45, 2.75) is 9.50 Å². The topological polar surface area (TPSA) is 88.5 Å². The fourth-order valence-corrected chi connectivity index (χ4v) is 3.43. The number of rotatable bonds is 3. The van der Waals surface area contributed by atoms with Crippen LogP contribution < -0.4 is 5.73 Å². The van der Waals surface area contributed by atoms with Crippen LogP contribution in [0.1, 0.15) is 5.69 Å². The van der Waals surface area contributed by atoms with Gasteiger partial charge in [-0.05, 0) is 30.0 Å².